The standard InChI is InChI=1S/C26H33N5O/c1-19-9-10-23(17-20(19)2)18-30-14-13-24-28-29-26(31(24)16-15-30)21(3)27-25(32)12-11-22-7-5-4-6-8-22/h4-10,17,21H,11-16,18H2,1-3H3,(H,27,32)/t21-/m0/s1. The number of hydrogen-bond donors (Lipinski definition) is 1. The Kier molecular flexibility index (Phi) is 7.00. The second kappa shape index (κ2) is 10.1. The van der Waals surface area contributed by atoms with E-state index in [-0.39, 0.29) is 11.9 Å². The largest absolute Gasteiger partial charge is 0.346 e. The third kappa shape index (κ3) is 5.43. The van der Waals surface area contributed by atoms with Crippen molar-refractivity contribution in [2.75, 3.05) is 13.1 Å². The van der Waals surface area contributed by atoms with Crippen molar-refractivity contribution < 1.29 is 4.79 Å². The first-order valence-electron chi connectivity index (χ1n) is 11.5. The third-order valence-corrected chi connectivity index (χ3v) is 6.37. The van der Waals surface area contributed by atoms with Crippen molar-refractivity contribution in [3.05, 3.63) is 82.4 Å². The number of rotatable bonds is 7. The van der Waals surface area contributed by atoms with Crippen LogP contribution in [0.4, 0.5) is 0 Å². The average Bonchev–Trinajstić information content (AvgIpc) is 3.10. The van der Waals surface area contributed by atoms with Gasteiger partial charge in [0.2, 0.25) is 5.91 Å². The van der Waals surface area contributed by atoms with Crippen LogP contribution in [0.5, 0.6) is 0 Å². The van der Waals surface area contributed by atoms with Gasteiger partial charge in [-0.25, -0.2) is 0 Å². The first kappa shape index (κ1) is 22.2. The van der Waals surface area contributed by atoms with Crippen LogP contribution >= 0.6 is 0 Å². The summed E-state index contributed by atoms with van der Waals surface area (Å²) in [5.41, 5.74) is 5.20. The number of aryl methyl sites for hydroxylation is 3. The Hall–Kier alpha value is -2.99. The molecule has 0 fully saturated rings. The summed E-state index contributed by atoms with van der Waals surface area (Å²) in [5, 5.41) is 12.0. The van der Waals surface area contributed by atoms with E-state index in [4.69, 9.17) is 0 Å². The van der Waals surface area contributed by atoms with E-state index >= 15 is 0 Å². The van der Waals surface area contributed by atoms with Crippen molar-refractivity contribution in [1.82, 2.24) is 25.0 Å². The number of nitrogens with zero attached hydrogens (tertiary/aromatic N) is 4. The molecule has 3 aromatic rings. The molecule has 0 bridgehead atoms. The number of benzene rings is 2. The highest BCUT2D eigenvalue weighted by Crippen LogP contribution is 2.18. The van der Waals surface area contributed by atoms with E-state index in [9.17, 15) is 4.79 Å². The van der Waals surface area contributed by atoms with Gasteiger partial charge in [-0.3, -0.25) is 9.69 Å². The Bertz CT molecular complexity index is 1060. The first-order chi connectivity index (χ1) is 15.5. The fraction of sp³-hybridized carbons (Fsp3) is 0.423. The van der Waals surface area contributed by atoms with Gasteiger partial charge in [-0.05, 0) is 49.4 Å². The molecule has 0 spiro atoms. The van der Waals surface area contributed by atoms with Crippen LogP contribution in [0.1, 0.15) is 53.3 Å². The summed E-state index contributed by atoms with van der Waals surface area (Å²) in [6, 6.07) is 16.7. The van der Waals surface area contributed by atoms with Gasteiger partial charge in [0, 0.05) is 39.0 Å². The SMILES string of the molecule is Cc1ccc(CN2CCc3nnc([C@H](C)NC(=O)CCc4ccccc4)n3CC2)cc1C. The van der Waals surface area contributed by atoms with Crippen molar-refractivity contribution in [1.29, 1.82) is 0 Å². The number of carbonyl (C=O) groups is 1. The highest BCUT2D eigenvalue weighted by atomic mass is 16.1. The van der Waals surface area contributed by atoms with Gasteiger partial charge in [-0.1, -0.05) is 48.5 Å². The van der Waals surface area contributed by atoms with Crippen LogP contribution in [-0.2, 0) is 30.7 Å². The summed E-state index contributed by atoms with van der Waals surface area (Å²) in [5.74, 6) is 1.90. The second-order valence-electron chi connectivity index (χ2n) is 8.85. The van der Waals surface area contributed by atoms with Crippen molar-refractivity contribution in [2.45, 2.75) is 59.2 Å². The molecule has 0 unspecified atom stereocenters. The second-order valence-corrected chi connectivity index (χ2v) is 8.85. The first-order valence-corrected chi connectivity index (χ1v) is 11.5. The minimum absolute atomic E-state index is 0.0451. The zero-order valence-electron chi connectivity index (χ0n) is 19.3. The third-order valence-electron chi connectivity index (χ3n) is 6.37. The number of carbonyl (C=O) groups excluding carboxylic acids is 1. The van der Waals surface area contributed by atoms with E-state index in [1.54, 1.807) is 0 Å². The molecule has 4 rings (SSSR count). The zero-order valence-corrected chi connectivity index (χ0v) is 19.3. The van der Waals surface area contributed by atoms with Gasteiger partial charge in [0.15, 0.2) is 5.82 Å². The summed E-state index contributed by atoms with van der Waals surface area (Å²) in [6.45, 7) is 10.0. The minimum atomic E-state index is -0.161. The summed E-state index contributed by atoms with van der Waals surface area (Å²) < 4.78 is 2.20. The summed E-state index contributed by atoms with van der Waals surface area (Å²) in [7, 11) is 0. The van der Waals surface area contributed by atoms with E-state index in [1.165, 1.54) is 22.3 Å². The number of hydrogen-bond acceptors (Lipinski definition) is 4. The lowest BCUT2D eigenvalue weighted by Gasteiger charge is -2.20. The molecule has 0 saturated heterocycles. The maximum atomic E-state index is 12.5. The molecule has 32 heavy (non-hydrogen) atoms. The molecule has 1 aromatic heterocycles. The Labute approximate surface area is 190 Å². The quantitative estimate of drug-likeness (QED) is 0.619. The van der Waals surface area contributed by atoms with Gasteiger partial charge in [0.25, 0.3) is 0 Å². The Morgan fingerprint density at radius 1 is 1.00 bits per heavy atom. The van der Waals surface area contributed by atoms with Crippen LogP contribution in [0.3, 0.4) is 0 Å². The minimum Gasteiger partial charge on any atom is -0.346 e. The van der Waals surface area contributed by atoms with E-state index in [2.05, 4.69) is 69.2 Å². The summed E-state index contributed by atoms with van der Waals surface area (Å²) in [6.07, 6.45) is 2.08. The smallest absolute Gasteiger partial charge is 0.220 e. The highest BCUT2D eigenvalue weighted by Gasteiger charge is 2.22. The molecule has 0 saturated carbocycles. The molecule has 2 heterocycles. The molecule has 1 N–H and O–H groups in total. The molecule has 0 aliphatic carbocycles. The monoisotopic (exact) mass is 431 g/mol. The van der Waals surface area contributed by atoms with E-state index in [1.807, 2.05) is 25.1 Å². The van der Waals surface area contributed by atoms with E-state index in [0.717, 1.165) is 50.7 Å². The molecule has 2 aromatic carbocycles. The number of nitrogens with one attached hydrogen (secondary N) is 1. The Morgan fingerprint density at radius 2 is 1.81 bits per heavy atom. The molecular weight excluding hydrogens is 398 g/mol. The van der Waals surface area contributed by atoms with Gasteiger partial charge in [0.1, 0.15) is 5.82 Å². The van der Waals surface area contributed by atoms with Crippen LogP contribution in [0.15, 0.2) is 48.5 Å². The predicted molar refractivity (Wildman–Crippen MR) is 126 cm³/mol. The average molecular weight is 432 g/mol. The zero-order chi connectivity index (χ0) is 22.5. The highest BCUT2D eigenvalue weighted by molar-refractivity contribution is 5.76. The Morgan fingerprint density at radius 3 is 2.59 bits per heavy atom. The van der Waals surface area contributed by atoms with Gasteiger partial charge in [-0.15, -0.1) is 10.2 Å². The number of fused-ring (bicyclic) bond motifs is 1. The van der Waals surface area contributed by atoms with Crippen LogP contribution in [0.2, 0.25) is 0 Å². The summed E-state index contributed by atoms with van der Waals surface area (Å²) >= 11 is 0. The summed E-state index contributed by atoms with van der Waals surface area (Å²) in [4.78, 5) is 15.0. The van der Waals surface area contributed by atoms with Crippen molar-refractivity contribution in [2.24, 2.45) is 0 Å². The van der Waals surface area contributed by atoms with Crippen LogP contribution < -0.4 is 5.32 Å². The van der Waals surface area contributed by atoms with Crippen molar-refractivity contribution in [3.8, 4) is 0 Å². The van der Waals surface area contributed by atoms with Crippen LogP contribution in [0.25, 0.3) is 0 Å². The predicted octanol–water partition coefficient (Wildman–Crippen LogP) is 3.76. The van der Waals surface area contributed by atoms with Gasteiger partial charge >= 0.3 is 0 Å². The van der Waals surface area contributed by atoms with Gasteiger partial charge in [-0.2, -0.15) is 0 Å². The van der Waals surface area contributed by atoms with Gasteiger partial charge in [0.05, 0.1) is 6.04 Å². The van der Waals surface area contributed by atoms with E-state index in [0.29, 0.717) is 6.42 Å². The molecule has 6 heteroatoms. The van der Waals surface area contributed by atoms with Crippen LogP contribution in [0, 0.1) is 13.8 Å². The fourth-order valence-electron chi connectivity index (χ4n) is 4.31. The molecule has 6 nitrogen and oxygen atoms in total. The Balaban J connectivity index is 1.34. The lowest BCUT2D eigenvalue weighted by atomic mass is 10.1. The maximum absolute atomic E-state index is 12.5. The van der Waals surface area contributed by atoms with Crippen molar-refractivity contribution in [3.63, 3.8) is 0 Å². The van der Waals surface area contributed by atoms with Crippen LogP contribution in [-0.4, -0.2) is 38.7 Å². The maximum Gasteiger partial charge on any atom is 0.220 e. The van der Waals surface area contributed by atoms with Gasteiger partial charge < -0.3 is 9.88 Å². The lowest BCUT2D eigenvalue weighted by molar-refractivity contribution is -0.121. The van der Waals surface area contributed by atoms with E-state index < -0.39 is 0 Å². The molecule has 0 radical (unpaired) electrons. The molecular formula is C26H33N5O. The topological polar surface area (TPSA) is 63.1 Å². The molecule has 1 aliphatic rings. The molecule has 1 atom stereocenters. The fourth-order valence-corrected chi connectivity index (χ4v) is 4.31. The van der Waals surface area contributed by atoms with Crippen molar-refractivity contribution >= 4 is 5.91 Å². The lowest BCUT2D eigenvalue weighted by Crippen LogP contribution is -2.30. The number of amides is 1. The number of aromatic nitrogens is 3. The molecule has 1 aliphatic heterocycles. The molecule has 1 amide bonds. The molecule has 168 valence electrons. The normalized spacial score (nSPS) is 15.1.